The van der Waals surface area contributed by atoms with Gasteiger partial charge in [0.1, 0.15) is 5.78 Å². The van der Waals surface area contributed by atoms with Crippen molar-refractivity contribution in [3.63, 3.8) is 0 Å². The normalized spacial score (nSPS) is 42.0. The Morgan fingerprint density at radius 3 is 2.65 bits per heavy atom. The third-order valence-corrected chi connectivity index (χ3v) is 7.42. The number of rotatable bonds is 1. The Bertz CT molecular complexity index is 695. The molecule has 0 radical (unpaired) electrons. The summed E-state index contributed by atoms with van der Waals surface area (Å²) in [6.45, 7) is 6.52. The van der Waals surface area contributed by atoms with E-state index in [0.29, 0.717) is 11.7 Å². The smallest absolute Gasteiger partial charge is 0.133 e. The zero-order valence-electron chi connectivity index (χ0n) is 14.5. The molecule has 1 N–H and O–H groups in total. The second-order valence-corrected chi connectivity index (χ2v) is 8.52. The second kappa shape index (κ2) is 4.78. The van der Waals surface area contributed by atoms with E-state index in [-0.39, 0.29) is 16.7 Å². The molecule has 2 heteroatoms. The van der Waals surface area contributed by atoms with Gasteiger partial charge in [0.05, 0.1) is 0 Å². The van der Waals surface area contributed by atoms with Crippen molar-refractivity contribution in [2.75, 3.05) is 0 Å². The topological polar surface area (TPSA) is 40.9 Å². The van der Waals surface area contributed by atoms with Crippen LogP contribution in [0.5, 0.6) is 0 Å². The van der Waals surface area contributed by atoms with Crippen molar-refractivity contribution < 1.29 is 4.79 Å². The molecule has 0 saturated heterocycles. The molecule has 0 aromatic heterocycles. The third-order valence-electron chi connectivity index (χ3n) is 7.42. The van der Waals surface area contributed by atoms with E-state index < -0.39 is 0 Å². The lowest BCUT2D eigenvalue weighted by Crippen LogP contribution is -2.41. The summed E-state index contributed by atoms with van der Waals surface area (Å²) in [7, 11) is 0. The molecule has 0 unspecified atom stereocenters. The Labute approximate surface area is 139 Å². The van der Waals surface area contributed by atoms with E-state index in [2.05, 4.69) is 32.1 Å². The van der Waals surface area contributed by atoms with Gasteiger partial charge in [0.15, 0.2) is 0 Å². The number of Topliss-reactive ketones (excluding diaryl/α,β-unsaturated/α-hetero) is 1. The first-order chi connectivity index (χ1) is 10.9. The fourth-order valence-electron chi connectivity index (χ4n) is 6.00. The van der Waals surface area contributed by atoms with Crippen molar-refractivity contribution in [1.29, 1.82) is 5.41 Å². The van der Waals surface area contributed by atoms with E-state index in [0.717, 1.165) is 37.8 Å². The molecular formula is C21H27NO. The monoisotopic (exact) mass is 309 g/mol. The Morgan fingerprint density at radius 1 is 1.13 bits per heavy atom. The van der Waals surface area contributed by atoms with Crippen LogP contribution in [0.3, 0.4) is 0 Å². The van der Waals surface area contributed by atoms with Gasteiger partial charge in [-0.2, -0.15) is 0 Å². The first-order valence-corrected chi connectivity index (χ1v) is 9.08. The minimum Gasteiger partial charge on any atom is -0.305 e. The lowest BCUT2D eigenvalue weighted by atomic mass is 9.53. The van der Waals surface area contributed by atoms with Crippen LogP contribution >= 0.6 is 0 Å². The fraction of sp³-hybridized carbons (Fsp3) is 0.619. The van der Waals surface area contributed by atoms with Gasteiger partial charge >= 0.3 is 0 Å². The second-order valence-electron chi connectivity index (χ2n) is 8.52. The summed E-state index contributed by atoms with van der Waals surface area (Å²) < 4.78 is 0. The molecule has 0 heterocycles. The average Bonchev–Trinajstić information content (AvgIpc) is 2.85. The molecule has 0 amide bonds. The number of carbonyl (C=O) groups is 1. The van der Waals surface area contributed by atoms with E-state index in [1.165, 1.54) is 17.6 Å². The van der Waals surface area contributed by atoms with Crippen LogP contribution in [0.4, 0.5) is 0 Å². The number of fused-ring (bicyclic) bond motifs is 4. The molecule has 4 aliphatic carbocycles. The molecule has 0 aromatic rings. The van der Waals surface area contributed by atoms with Crippen molar-refractivity contribution in [2.24, 2.45) is 22.7 Å². The van der Waals surface area contributed by atoms with E-state index in [1.54, 1.807) is 12.5 Å². The summed E-state index contributed by atoms with van der Waals surface area (Å²) in [5, 5.41) is 7.99. The van der Waals surface area contributed by atoms with E-state index in [4.69, 9.17) is 5.41 Å². The summed E-state index contributed by atoms with van der Waals surface area (Å²) in [4.78, 5) is 12.1. The molecule has 0 aromatic carbocycles. The van der Waals surface area contributed by atoms with Gasteiger partial charge < -0.3 is 5.41 Å². The Hall–Kier alpha value is -1.44. The molecule has 0 aliphatic heterocycles. The van der Waals surface area contributed by atoms with Gasteiger partial charge in [-0.1, -0.05) is 31.6 Å². The standard InChI is InChI=1S/C21H27NO/c1-13(23)17-6-7-18-16-5-4-14-12-15(22)8-10-20(14,2)19(16)9-11-21(17,18)3/h4-5,12,17,19,22H,6-11H2,1-3H3/t17-,19-,20-,21-/m1/s1. The fourth-order valence-corrected chi connectivity index (χ4v) is 6.00. The van der Waals surface area contributed by atoms with Gasteiger partial charge in [-0.25, -0.2) is 0 Å². The minimum atomic E-state index is 0.0982. The largest absolute Gasteiger partial charge is 0.305 e. The lowest BCUT2D eigenvalue weighted by Gasteiger charge is -2.50. The van der Waals surface area contributed by atoms with Crippen molar-refractivity contribution >= 4 is 11.5 Å². The van der Waals surface area contributed by atoms with Crippen molar-refractivity contribution in [2.45, 2.75) is 59.3 Å². The zero-order chi connectivity index (χ0) is 16.4. The Kier molecular flexibility index (Phi) is 3.14. The SMILES string of the molecule is CC(=O)[C@H]1CCC2=C3C=CC4=CC(=N)CC[C@@]4(C)[C@@H]3CC[C@@]21C. The number of ketones is 1. The molecule has 1 fully saturated rings. The van der Waals surface area contributed by atoms with E-state index in [9.17, 15) is 4.79 Å². The van der Waals surface area contributed by atoms with E-state index in [1.807, 2.05) is 0 Å². The summed E-state index contributed by atoms with van der Waals surface area (Å²) in [6.07, 6.45) is 13.2. The molecule has 122 valence electrons. The van der Waals surface area contributed by atoms with Crippen LogP contribution in [-0.2, 0) is 4.79 Å². The number of carbonyl (C=O) groups excluding carboxylic acids is 1. The number of nitrogens with one attached hydrogen (secondary N) is 1. The minimum absolute atomic E-state index is 0.0982. The number of allylic oxidation sites excluding steroid dienone is 6. The number of hydrogen-bond acceptors (Lipinski definition) is 2. The van der Waals surface area contributed by atoms with Crippen LogP contribution in [0.2, 0.25) is 0 Å². The van der Waals surface area contributed by atoms with Gasteiger partial charge in [-0.05, 0) is 79.4 Å². The summed E-state index contributed by atoms with van der Waals surface area (Å²) in [6, 6.07) is 0. The third kappa shape index (κ3) is 1.93. The quantitative estimate of drug-likeness (QED) is 0.726. The maximum Gasteiger partial charge on any atom is 0.133 e. The van der Waals surface area contributed by atoms with Crippen molar-refractivity contribution in [3.05, 3.63) is 34.9 Å². The highest BCUT2D eigenvalue weighted by Gasteiger charge is 2.53. The van der Waals surface area contributed by atoms with E-state index >= 15 is 0 Å². The molecule has 1 saturated carbocycles. The average molecular weight is 309 g/mol. The summed E-state index contributed by atoms with van der Waals surface area (Å²) in [5.41, 5.74) is 5.53. The highest BCUT2D eigenvalue weighted by atomic mass is 16.1. The molecule has 2 nitrogen and oxygen atoms in total. The predicted molar refractivity (Wildman–Crippen MR) is 93.6 cm³/mol. The van der Waals surface area contributed by atoms with Crippen molar-refractivity contribution in [3.8, 4) is 0 Å². The molecule has 0 bridgehead atoms. The molecule has 4 atom stereocenters. The predicted octanol–water partition coefficient (Wildman–Crippen LogP) is 5.01. The maximum absolute atomic E-state index is 12.1. The van der Waals surface area contributed by atoms with Crippen LogP contribution in [0.1, 0.15) is 59.3 Å². The highest BCUT2D eigenvalue weighted by Crippen LogP contribution is 2.62. The first kappa shape index (κ1) is 15.1. The lowest BCUT2D eigenvalue weighted by molar-refractivity contribution is -0.123. The molecular weight excluding hydrogens is 282 g/mol. The first-order valence-electron chi connectivity index (χ1n) is 9.08. The van der Waals surface area contributed by atoms with Gasteiger partial charge in [-0.3, -0.25) is 4.79 Å². The number of hydrogen-bond donors (Lipinski definition) is 1. The van der Waals surface area contributed by atoms with Gasteiger partial charge in [-0.15, -0.1) is 0 Å². The maximum atomic E-state index is 12.1. The molecule has 4 rings (SSSR count). The van der Waals surface area contributed by atoms with Crippen LogP contribution in [-0.4, -0.2) is 11.5 Å². The van der Waals surface area contributed by atoms with Gasteiger partial charge in [0, 0.05) is 11.6 Å². The van der Waals surface area contributed by atoms with Crippen LogP contribution in [0.15, 0.2) is 34.9 Å². The molecule has 0 spiro atoms. The zero-order valence-corrected chi connectivity index (χ0v) is 14.5. The van der Waals surface area contributed by atoms with Crippen LogP contribution in [0, 0.1) is 28.1 Å². The highest BCUT2D eigenvalue weighted by molar-refractivity contribution is 5.94. The molecule has 23 heavy (non-hydrogen) atoms. The van der Waals surface area contributed by atoms with Gasteiger partial charge in [0.25, 0.3) is 0 Å². The Balaban J connectivity index is 1.84. The summed E-state index contributed by atoms with van der Waals surface area (Å²) >= 11 is 0. The summed E-state index contributed by atoms with van der Waals surface area (Å²) in [5.74, 6) is 1.18. The Morgan fingerprint density at radius 2 is 1.91 bits per heavy atom. The molecule has 4 aliphatic rings. The van der Waals surface area contributed by atoms with Crippen molar-refractivity contribution in [1.82, 2.24) is 0 Å². The van der Waals surface area contributed by atoms with Crippen LogP contribution < -0.4 is 0 Å². The van der Waals surface area contributed by atoms with Gasteiger partial charge in [0.2, 0.25) is 0 Å². The van der Waals surface area contributed by atoms with Crippen LogP contribution in [0.25, 0.3) is 0 Å².